The van der Waals surface area contributed by atoms with Gasteiger partial charge in [0.1, 0.15) is 24.4 Å². The summed E-state index contributed by atoms with van der Waals surface area (Å²) in [5.74, 6) is 0. The molecule has 1 heterocycles. The number of hydrogen-bond acceptors (Lipinski definition) is 8. The van der Waals surface area contributed by atoms with Gasteiger partial charge in [0.05, 0.1) is 45.3 Å². The molecule has 0 spiro atoms. The Hall–Kier alpha value is -3.17. The van der Waals surface area contributed by atoms with Gasteiger partial charge >= 0.3 is 7.60 Å². The van der Waals surface area contributed by atoms with Crippen molar-refractivity contribution >= 4 is 7.60 Å². The molecule has 5 atom stereocenters. The Kier molecular flexibility index (Phi) is 13.1. The Bertz CT molecular complexity index is 1450. The molecule has 4 aromatic rings. The van der Waals surface area contributed by atoms with Crippen molar-refractivity contribution in [2.24, 2.45) is 0 Å². The lowest BCUT2D eigenvalue weighted by molar-refractivity contribution is -0.268. The van der Waals surface area contributed by atoms with Crippen LogP contribution >= 0.6 is 7.60 Å². The SMILES string of the molecule is COP(=O)(C[C@@H]1OC(COCc2ccccc2)[C@@H](OCc2ccccc2)C(OCc2ccccc2)C1OCc1ccccc1)OC. The molecule has 0 bridgehead atoms. The monoisotopic (exact) mass is 646 g/mol. The summed E-state index contributed by atoms with van der Waals surface area (Å²) in [7, 11) is -0.756. The van der Waals surface area contributed by atoms with Crippen LogP contribution in [-0.2, 0) is 63.7 Å². The van der Waals surface area contributed by atoms with E-state index in [1.54, 1.807) is 0 Å². The van der Waals surface area contributed by atoms with Gasteiger partial charge < -0.3 is 32.7 Å². The van der Waals surface area contributed by atoms with Crippen LogP contribution in [0.5, 0.6) is 0 Å². The van der Waals surface area contributed by atoms with Crippen molar-refractivity contribution in [1.82, 2.24) is 0 Å². The van der Waals surface area contributed by atoms with Crippen LogP contribution in [-0.4, -0.2) is 57.5 Å². The first-order valence-electron chi connectivity index (χ1n) is 15.5. The predicted molar refractivity (Wildman–Crippen MR) is 176 cm³/mol. The molecule has 9 heteroatoms. The Morgan fingerprint density at radius 2 is 0.891 bits per heavy atom. The molecule has 244 valence electrons. The largest absolute Gasteiger partial charge is 0.374 e. The summed E-state index contributed by atoms with van der Waals surface area (Å²) in [4.78, 5) is 0. The minimum Gasteiger partial charge on any atom is -0.374 e. The molecule has 5 rings (SSSR count). The highest BCUT2D eigenvalue weighted by molar-refractivity contribution is 7.53. The summed E-state index contributed by atoms with van der Waals surface area (Å²) >= 11 is 0. The third-order valence-corrected chi connectivity index (χ3v) is 9.86. The van der Waals surface area contributed by atoms with Gasteiger partial charge in [0.2, 0.25) is 0 Å². The van der Waals surface area contributed by atoms with Crippen LogP contribution in [0.2, 0.25) is 0 Å². The van der Waals surface area contributed by atoms with Gasteiger partial charge in [0.25, 0.3) is 0 Å². The highest BCUT2D eigenvalue weighted by atomic mass is 31.2. The van der Waals surface area contributed by atoms with E-state index in [4.69, 9.17) is 32.7 Å². The molecule has 1 fully saturated rings. The minimum absolute atomic E-state index is 0.0365. The fraction of sp³-hybridized carbons (Fsp3) is 0.351. The molecule has 8 nitrogen and oxygen atoms in total. The molecule has 0 amide bonds. The fourth-order valence-electron chi connectivity index (χ4n) is 5.48. The molecular formula is C37H43O8P. The van der Waals surface area contributed by atoms with E-state index in [2.05, 4.69) is 0 Å². The molecule has 46 heavy (non-hydrogen) atoms. The summed E-state index contributed by atoms with van der Waals surface area (Å²) in [6.45, 7) is 1.56. The van der Waals surface area contributed by atoms with E-state index in [9.17, 15) is 4.57 Å². The highest BCUT2D eigenvalue weighted by Gasteiger charge is 2.50. The molecule has 1 aliphatic heterocycles. The first-order valence-corrected chi connectivity index (χ1v) is 17.2. The standard InChI is InChI=1S/C37H43O8P/c1-39-46(38,40-2)28-34-36(43-25-31-19-11-5-12-20-31)37(44-26-32-21-13-6-14-22-32)35(42-24-30-17-9-4-10-18-30)33(45-34)27-41-23-29-15-7-3-8-16-29/h3-22,33-37H,23-28H2,1-2H3/t33?,34-,35+,36?,37?/m0/s1. The second-order valence-corrected chi connectivity index (χ2v) is 13.5. The van der Waals surface area contributed by atoms with Crippen molar-refractivity contribution in [2.45, 2.75) is 56.9 Å². The van der Waals surface area contributed by atoms with Gasteiger partial charge in [0.15, 0.2) is 0 Å². The van der Waals surface area contributed by atoms with Crippen LogP contribution in [0.1, 0.15) is 22.3 Å². The number of hydrogen-bond donors (Lipinski definition) is 0. The van der Waals surface area contributed by atoms with E-state index in [0.717, 1.165) is 22.3 Å². The van der Waals surface area contributed by atoms with E-state index in [1.165, 1.54) is 14.2 Å². The summed E-state index contributed by atoms with van der Waals surface area (Å²) in [6.07, 6.45) is -3.19. The predicted octanol–water partition coefficient (Wildman–Crippen LogP) is 7.21. The third kappa shape index (κ3) is 9.91. The Morgan fingerprint density at radius 3 is 1.30 bits per heavy atom. The summed E-state index contributed by atoms with van der Waals surface area (Å²) in [5, 5.41) is 0. The summed E-state index contributed by atoms with van der Waals surface area (Å²) in [5.41, 5.74) is 4.05. The Morgan fingerprint density at radius 1 is 0.522 bits per heavy atom. The van der Waals surface area contributed by atoms with E-state index < -0.39 is 38.1 Å². The molecule has 0 aromatic heterocycles. The molecule has 4 aromatic carbocycles. The van der Waals surface area contributed by atoms with Crippen LogP contribution in [0.25, 0.3) is 0 Å². The average Bonchev–Trinajstić information content (AvgIpc) is 3.11. The van der Waals surface area contributed by atoms with Gasteiger partial charge in [0, 0.05) is 14.2 Å². The van der Waals surface area contributed by atoms with Crippen molar-refractivity contribution in [3.05, 3.63) is 144 Å². The zero-order chi connectivity index (χ0) is 32.0. The van der Waals surface area contributed by atoms with Crippen molar-refractivity contribution in [3.8, 4) is 0 Å². The van der Waals surface area contributed by atoms with Crippen LogP contribution in [0.3, 0.4) is 0 Å². The van der Waals surface area contributed by atoms with Gasteiger partial charge in [-0.15, -0.1) is 0 Å². The minimum atomic E-state index is -3.51. The van der Waals surface area contributed by atoms with E-state index in [1.807, 2.05) is 121 Å². The highest BCUT2D eigenvalue weighted by Crippen LogP contribution is 2.49. The number of benzene rings is 4. The molecule has 0 radical (unpaired) electrons. The maximum atomic E-state index is 13.5. The first-order chi connectivity index (χ1) is 22.6. The Labute approximate surface area is 272 Å². The van der Waals surface area contributed by atoms with Crippen LogP contribution in [0.4, 0.5) is 0 Å². The van der Waals surface area contributed by atoms with Crippen molar-refractivity contribution in [2.75, 3.05) is 27.0 Å². The van der Waals surface area contributed by atoms with Crippen LogP contribution in [0, 0.1) is 0 Å². The van der Waals surface area contributed by atoms with E-state index in [0.29, 0.717) is 26.4 Å². The first kappa shape index (κ1) is 34.2. The molecular weight excluding hydrogens is 603 g/mol. The summed E-state index contributed by atoms with van der Waals surface area (Å²) in [6, 6.07) is 39.8. The normalized spacial score (nSPS) is 21.7. The second-order valence-electron chi connectivity index (χ2n) is 11.2. The molecule has 1 aliphatic rings. The average molecular weight is 647 g/mol. The van der Waals surface area contributed by atoms with Crippen molar-refractivity contribution in [3.63, 3.8) is 0 Å². The van der Waals surface area contributed by atoms with Gasteiger partial charge in [-0.05, 0) is 22.3 Å². The van der Waals surface area contributed by atoms with Gasteiger partial charge in [-0.1, -0.05) is 121 Å². The topological polar surface area (TPSA) is 81.7 Å². The maximum absolute atomic E-state index is 13.5. The van der Waals surface area contributed by atoms with E-state index >= 15 is 0 Å². The van der Waals surface area contributed by atoms with Gasteiger partial charge in [-0.2, -0.15) is 0 Å². The Balaban J connectivity index is 1.47. The van der Waals surface area contributed by atoms with Crippen LogP contribution in [0.15, 0.2) is 121 Å². The lowest BCUT2D eigenvalue weighted by Crippen LogP contribution is -2.62. The van der Waals surface area contributed by atoms with Crippen molar-refractivity contribution in [1.29, 1.82) is 0 Å². The van der Waals surface area contributed by atoms with Crippen molar-refractivity contribution < 1.29 is 37.3 Å². The van der Waals surface area contributed by atoms with Crippen LogP contribution < -0.4 is 0 Å². The molecule has 3 unspecified atom stereocenters. The van der Waals surface area contributed by atoms with Gasteiger partial charge in [-0.25, -0.2) is 0 Å². The third-order valence-electron chi connectivity index (χ3n) is 7.94. The quantitative estimate of drug-likeness (QED) is 0.111. The van der Waals surface area contributed by atoms with Gasteiger partial charge in [-0.3, -0.25) is 4.57 Å². The maximum Gasteiger partial charge on any atom is 0.332 e. The fourth-order valence-corrected chi connectivity index (χ4v) is 6.66. The lowest BCUT2D eigenvalue weighted by atomic mass is 9.94. The second kappa shape index (κ2) is 17.7. The molecule has 0 saturated carbocycles. The molecule has 0 aliphatic carbocycles. The number of ether oxygens (including phenoxy) is 5. The zero-order valence-electron chi connectivity index (χ0n) is 26.4. The number of rotatable bonds is 17. The molecule has 0 N–H and O–H groups in total. The van der Waals surface area contributed by atoms with E-state index in [-0.39, 0.29) is 12.8 Å². The summed E-state index contributed by atoms with van der Waals surface area (Å²) < 4.78 is 57.2. The molecule has 1 saturated heterocycles. The lowest BCUT2D eigenvalue weighted by Gasteiger charge is -2.46. The zero-order valence-corrected chi connectivity index (χ0v) is 27.3. The smallest absolute Gasteiger partial charge is 0.332 e.